The van der Waals surface area contributed by atoms with Crippen molar-refractivity contribution in [3.8, 4) is 0 Å². The smallest absolute Gasteiger partial charge is 0.832 e. The van der Waals surface area contributed by atoms with Crippen molar-refractivity contribution < 1.29 is 53.7 Å². The maximum Gasteiger partial charge on any atom is 1.00 e. The van der Waals surface area contributed by atoms with Crippen LogP contribution in [-0.4, -0.2) is 42.8 Å². The van der Waals surface area contributed by atoms with E-state index in [1.807, 2.05) is 0 Å². The molecular weight excluding hydrogens is 326 g/mol. The van der Waals surface area contributed by atoms with Crippen molar-refractivity contribution in [2.45, 2.75) is 3.23 Å². The van der Waals surface area contributed by atoms with Crippen LogP contribution < -0.4 is 23.9 Å². The molecule has 0 aromatic heterocycles. The third-order valence-electron chi connectivity index (χ3n) is 0.537. The molecule has 0 saturated heterocycles. The fourth-order valence-corrected chi connectivity index (χ4v) is 0.0915. The first kappa shape index (κ1) is 19.9. The van der Waals surface area contributed by atoms with E-state index in [4.69, 9.17) is 25.3 Å². The van der Waals surface area contributed by atoms with Crippen molar-refractivity contribution in [1.82, 2.24) is 0 Å². The van der Waals surface area contributed by atoms with Crippen molar-refractivity contribution in [2.24, 2.45) is 0 Å². The molecule has 0 heterocycles. The molecule has 7 nitrogen and oxygen atoms in total. The van der Waals surface area contributed by atoms with Crippen LogP contribution in [0.2, 0.25) is 0 Å². The molecule has 0 amide bonds. The third-order valence-corrected chi connectivity index (χ3v) is 1.89. The van der Waals surface area contributed by atoms with Gasteiger partial charge in [0.15, 0.2) is 0 Å². The fourth-order valence-electron chi connectivity index (χ4n) is 0.0915. The van der Waals surface area contributed by atoms with Crippen LogP contribution in [0, 0.1) is 0 Å². The number of carboxylic acid groups (broad SMARTS) is 2. The van der Waals surface area contributed by atoms with E-state index < -0.39 is 22.5 Å². The molecule has 0 aliphatic rings. The normalized spacial score (nSPS) is 8.93. The van der Waals surface area contributed by atoms with Crippen molar-refractivity contribution in [1.29, 1.82) is 0 Å². The summed E-state index contributed by atoms with van der Waals surface area (Å²) in [6.07, 6.45) is 0. The molecule has 0 aromatic rings. The average molecular weight is 330 g/mol. The van der Waals surface area contributed by atoms with Gasteiger partial charge in [-0.25, -0.2) is 9.59 Å². The van der Waals surface area contributed by atoms with Gasteiger partial charge in [0.05, 0.1) is 0 Å². The van der Waals surface area contributed by atoms with Gasteiger partial charge in [-0.1, -0.05) is 0 Å². The summed E-state index contributed by atoms with van der Waals surface area (Å²) in [5, 5.41) is 39.0. The predicted molar refractivity (Wildman–Crippen MR) is 46.0 cm³/mol. The van der Waals surface area contributed by atoms with Crippen LogP contribution in [0.4, 0.5) is 0 Å². The second-order valence-corrected chi connectivity index (χ2v) is 4.95. The van der Waals surface area contributed by atoms with Crippen LogP contribution >= 0.6 is 31.9 Å². The second kappa shape index (κ2) is 8.73. The Morgan fingerprint density at radius 1 is 1.14 bits per heavy atom. The zero-order valence-corrected chi connectivity index (χ0v) is 10.0. The van der Waals surface area contributed by atoms with Crippen LogP contribution in [0.25, 0.3) is 0 Å². The van der Waals surface area contributed by atoms with Gasteiger partial charge in [0.1, 0.15) is 0 Å². The SMILES string of the molecule is O=C(O)C(Br)(Br)C(=O)O.[Li+].[O-]B(O)O. The van der Waals surface area contributed by atoms with E-state index in [-0.39, 0.29) is 18.9 Å². The number of alkyl halides is 2. The topological polar surface area (TPSA) is 138 Å². The van der Waals surface area contributed by atoms with Crippen LogP contribution in [0.15, 0.2) is 0 Å². The molecule has 0 aliphatic heterocycles. The summed E-state index contributed by atoms with van der Waals surface area (Å²) in [6, 6.07) is 0. The summed E-state index contributed by atoms with van der Waals surface area (Å²) in [5.74, 6) is -2.98. The molecule has 76 valence electrons. The van der Waals surface area contributed by atoms with Crippen LogP contribution in [0.1, 0.15) is 0 Å². The average Bonchev–Trinajstić information content (AvgIpc) is 1.85. The Bertz CT molecular complexity index is 179. The maximum absolute atomic E-state index is 9.99. The van der Waals surface area contributed by atoms with E-state index in [2.05, 4.69) is 31.9 Å². The number of halogens is 2. The van der Waals surface area contributed by atoms with E-state index in [1.165, 1.54) is 0 Å². The molecule has 4 N–H and O–H groups in total. The van der Waals surface area contributed by atoms with Gasteiger partial charge in [0, 0.05) is 0 Å². The molecule has 0 aliphatic carbocycles. The van der Waals surface area contributed by atoms with Crippen LogP contribution in [0.3, 0.4) is 0 Å². The number of carbonyl (C=O) groups is 2. The summed E-state index contributed by atoms with van der Waals surface area (Å²) in [7, 11) is -2.42. The molecule has 0 atom stereocenters. The summed E-state index contributed by atoms with van der Waals surface area (Å²) < 4.78 is -2.04. The Hall–Kier alpha value is 0.442. The van der Waals surface area contributed by atoms with E-state index in [0.717, 1.165) is 0 Å². The summed E-state index contributed by atoms with van der Waals surface area (Å²) in [6.45, 7) is 0. The van der Waals surface area contributed by atoms with Gasteiger partial charge in [0.2, 0.25) is 0 Å². The number of aliphatic carboxylic acids is 2. The Labute approximate surface area is 108 Å². The quantitative estimate of drug-likeness (QED) is 0.226. The van der Waals surface area contributed by atoms with E-state index in [0.29, 0.717) is 0 Å². The number of hydrogen-bond donors (Lipinski definition) is 4. The van der Waals surface area contributed by atoms with E-state index in [9.17, 15) is 9.59 Å². The van der Waals surface area contributed by atoms with Gasteiger partial charge in [-0.3, -0.25) is 0 Å². The zero-order chi connectivity index (χ0) is 11.2. The Kier molecular flexibility index (Phi) is 12.4. The largest absolute Gasteiger partial charge is 1.00 e. The first-order valence-corrected chi connectivity index (χ1v) is 4.07. The van der Waals surface area contributed by atoms with Gasteiger partial charge in [-0.2, -0.15) is 0 Å². The van der Waals surface area contributed by atoms with Crippen molar-refractivity contribution in [3.05, 3.63) is 0 Å². The van der Waals surface area contributed by atoms with Gasteiger partial charge in [-0.15, -0.1) is 0 Å². The first-order valence-electron chi connectivity index (χ1n) is 2.49. The van der Waals surface area contributed by atoms with Crippen molar-refractivity contribution in [3.63, 3.8) is 0 Å². The van der Waals surface area contributed by atoms with Crippen molar-refractivity contribution >= 4 is 51.1 Å². The zero-order valence-electron chi connectivity index (χ0n) is 6.85. The predicted octanol–water partition coefficient (Wildman–Crippen LogP) is -5.04. The number of rotatable bonds is 2. The fraction of sp³-hybridized carbons (Fsp3) is 0.333. The van der Waals surface area contributed by atoms with E-state index in [1.54, 1.807) is 0 Å². The minimum atomic E-state index is -2.42. The van der Waals surface area contributed by atoms with Gasteiger partial charge in [0.25, 0.3) is 3.23 Å². The molecule has 0 aromatic carbocycles. The van der Waals surface area contributed by atoms with Gasteiger partial charge < -0.3 is 25.3 Å². The van der Waals surface area contributed by atoms with Crippen molar-refractivity contribution in [2.75, 3.05) is 0 Å². The number of carboxylic acids is 2. The number of hydrogen-bond acceptors (Lipinski definition) is 5. The standard InChI is InChI=1S/C3H2Br2O4.BH2O3.Li/c4-3(5,1(6)7)2(8)9;2-1(3)4;/h(H,6,7)(H,8,9);2-3H;/q;-1;+1. The minimum Gasteiger partial charge on any atom is -0.832 e. The summed E-state index contributed by atoms with van der Waals surface area (Å²) >= 11 is 4.86. The van der Waals surface area contributed by atoms with Crippen LogP contribution in [-0.2, 0) is 9.59 Å². The maximum atomic E-state index is 9.99. The Morgan fingerprint density at radius 2 is 1.29 bits per heavy atom. The molecule has 0 rings (SSSR count). The van der Waals surface area contributed by atoms with Gasteiger partial charge >= 0.3 is 38.1 Å². The summed E-state index contributed by atoms with van der Waals surface area (Å²) in [5.41, 5.74) is 0. The molecular formula is C3H4BBr2LiO7. The minimum absolute atomic E-state index is 0. The molecule has 0 unspecified atom stereocenters. The van der Waals surface area contributed by atoms with Crippen LogP contribution in [0.5, 0.6) is 0 Å². The molecule has 14 heavy (non-hydrogen) atoms. The monoisotopic (exact) mass is 328 g/mol. The molecule has 0 spiro atoms. The van der Waals surface area contributed by atoms with E-state index >= 15 is 0 Å². The molecule has 0 fully saturated rings. The second-order valence-electron chi connectivity index (χ2n) is 1.51. The first-order chi connectivity index (χ1) is 5.62. The third kappa shape index (κ3) is 10.5. The summed E-state index contributed by atoms with van der Waals surface area (Å²) in [4.78, 5) is 20.0. The van der Waals surface area contributed by atoms with Gasteiger partial charge in [-0.05, 0) is 31.9 Å². The molecule has 0 bridgehead atoms. The molecule has 0 radical (unpaired) electrons. The molecule has 11 heteroatoms. The molecule has 0 saturated carbocycles. The Balaban J connectivity index is -0.000000209. The Morgan fingerprint density at radius 3 is 1.29 bits per heavy atom.